The summed E-state index contributed by atoms with van der Waals surface area (Å²) >= 11 is 0. The highest BCUT2D eigenvalue weighted by atomic mass is 16.5. The van der Waals surface area contributed by atoms with E-state index in [1.807, 2.05) is 30.3 Å². The second kappa shape index (κ2) is 8.76. The maximum absolute atomic E-state index is 12.7. The minimum absolute atomic E-state index is 0.0559. The van der Waals surface area contributed by atoms with Gasteiger partial charge in [-0.3, -0.25) is 4.79 Å². The molecule has 150 valence electrons. The van der Waals surface area contributed by atoms with Gasteiger partial charge in [-0.2, -0.15) is 0 Å². The van der Waals surface area contributed by atoms with E-state index in [1.165, 1.54) is 0 Å². The third-order valence-electron chi connectivity index (χ3n) is 4.95. The maximum atomic E-state index is 12.7. The molecule has 0 radical (unpaired) electrons. The van der Waals surface area contributed by atoms with Gasteiger partial charge in [-0.05, 0) is 53.6 Å². The topological polar surface area (TPSA) is 67.8 Å². The molecule has 5 nitrogen and oxygen atoms in total. The zero-order chi connectivity index (χ0) is 20.1. The van der Waals surface area contributed by atoms with Gasteiger partial charge in [0.1, 0.15) is 5.75 Å². The quantitative estimate of drug-likeness (QED) is 0.738. The van der Waals surface area contributed by atoms with Crippen molar-refractivity contribution in [1.29, 1.82) is 0 Å². The van der Waals surface area contributed by atoms with Crippen molar-refractivity contribution < 1.29 is 19.4 Å². The number of ether oxygens (including phenoxy) is 2. The van der Waals surface area contributed by atoms with Crippen LogP contribution in [-0.4, -0.2) is 30.3 Å². The van der Waals surface area contributed by atoms with Crippen LogP contribution >= 0.6 is 0 Å². The highest BCUT2D eigenvalue weighted by molar-refractivity contribution is 6.05. The summed E-state index contributed by atoms with van der Waals surface area (Å²) in [5.41, 5.74) is 2.87. The molecule has 0 saturated carbocycles. The molecule has 0 unspecified atom stereocenters. The molecule has 28 heavy (non-hydrogen) atoms. The first-order valence-electron chi connectivity index (χ1n) is 9.76. The molecule has 0 atom stereocenters. The van der Waals surface area contributed by atoms with Gasteiger partial charge >= 0.3 is 0 Å². The van der Waals surface area contributed by atoms with Gasteiger partial charge in [0.05, 0.1) is 18.4 Å². The molecular weight excluding hydrogens is 354 g/mol. The predicted molar refractivity (Wildman–Crippen MR) is 110 cm³/mol. The number of aromatic hydroxyl groups is 1. The molecule has 1 amide bonds. The van der Waals surface area contributed by atoms with Crippen molar-refractivity contribution >= 4 is 11.6 Å². The lowest BCUT2D eigenvalue weighted by Crippen LogP contribution is -2.23. The van der Waals surface area contributed by atoms with Crippen molar-refractivity contribution in [2.75, 3.05) is 18.5 Å². The van der Waals surface area contributed by atoms with E-state index in [1.54, 1.807) is 12.1 Å². The number of anilines is 1. The van der Waals surface area contributed by atoms with Crippen molar-refractivity contribution in [3.05, 3.63) is 59.2 Å². The van der Waals surface area contributed by atoms with Gasteiger partial charge < -0.3 is 19.9 Å². The zero-order valence-corrected chi connectivity index (χ0v) is 16.8. The minimum Gasteiger partial charge on any atom is -0.506 e. The average molecular weight is 383 g/mol. The lowest BCUT2D eigenvalue weighted by atomic mass is 9.87. The second-order valence-corrected chi connectivity index (χ2v) is 8.26. The number of phenols is 1. The molecule has 5 heteroatoms. The number of rotatable bonds is 5. The second-order valence-electron chi connectivity index (χ2n) is 8.26. The van der Waals surface area contributed by atoms with E-state index in [0.29, 0.717) is 17.9 Å². The molecule has 1 saturated heterocycles. The average Bonchev–Trinajstić information content (AvgIpc) is 2.68. The summed E-state index contributed by atoms with van der Waals surface area (Å²) in [6.07, 6.45) is 2.02. The van der Waals surface area contributed by atoms with Crippen LogP contribution in [0.5, 0.6) is 5.75 Å². The minimum atomic E-state index is -0.255. The fourth-order valence-electron chi connectivity index (χ4n) is 3.16. The van der Waals surface area contributed by atoms with E-state index in [0.717, 1.165) is 37.2 Å². The Morgan fingerprint density at radius 3 is 2.64 bits per heavy atom. The van der Waals surface area contributed by atoms with Crippen molar-refractivity contribution in [3.8, 4) is 5.75 Å². The number of hydrogen-bond donors (Lipinski definition) is 2. The molecule has 1 fully saturated rings. The molecule has 2 aromatic carbocycles. The number of carbonyl (C=O) groups excluding carboxylic acids is 1. The normalized spacial score (nSPS) is 15.4. The molecule has 1 aliphatic heterocycles. The van der Waals surface area contributed by atoms with Crippen LogP contribution in [0.2, 0.25) is 0 Å². The van der Waals surface area contributed by atoms with Crippen LogP contribution in [0.1, 0.15) is 55.1 Å². The number of phenolic OH excluding ortho intramolecular Hbond substituents is 1. The van der Waals surface area contributed by atoms with E-state index in [4.69, 9.17) is 9.47 Å². The summed E-state index contributed by atoms with van der Waals surface area (Å²) in [6.45, 7) is 8.22. The molecule has 0 aliphatic carbocycles. The molecule has 1 heterocycles. The van der Waals surface area contributed by atoms with Crippen LogP contribution in [-0.2, 0) is 21.5 Å². The fraction of sp³-hybridized carbons (Fsp3) is 0.435. The summed E-state index contributed by atoms with van der Waals surface area (Å²) in [5.74, 6) is -0.199. The van der Waals surface area contributed by atoms with Gasteiger partial charge in [-0.1, -0.05) is 39.0 Å². The van der Waals surface area contributed by atoms with E-state index in [2.05, 4.69) is 26.1 Å². The molecule has 1 aliphatic rings. The molecule has 0 spiro atoms. The third kappa shape index (κ3) is 5.33. The lowest BCUT2D eigenvalue weighted by molar-refractivity contribution is -0.0390. The van der Waals surface area contributed by atoms with E-state index in [9.17, 15) is 9.90 Å². The molecular formula is C23H29NO4. The smallest absolute Gasteiger partial charge is 0.255 e. The highest BCUT2D eigenvalue weighted by Gasteiger charge is 2.17. The lowest BCUT2D eigenvalue weighted by Gasteiger charge is -2.22. The van der Waals surface area contributed by atoms with Gasteiger partial charge in [0.25, 0.3) is 5.91 Å². The summed E-state index contributed by atoms with van der Waals surface area (Å²) in [5, 5.41) is 13.0. The molecule has 3 rings (SSSR count). The Morgan fingerprint density at radius 1 is 1.18 bits per heavy atom. The first-order chi connectivity index (χ1) is 13.3. The number of hydrogen-bond acceptors (Lipinski definition) is 4. The Hall–Kier alpha value is -2.37. The SMILES string of the molecule is CC(C)(C)c1ccc(O)c(NC(=O)c2cccc(COC3CCOCC3)c2)c1. The van der Waals surface area contributed by atoms with Gasteiger partial charge in [-0.15, -0.1) is 0 Å². The summed E-state index contributed by atoms with van der Waals surface area (Å²) < 4.78 is 11.3. The van der Waals surface area contributed by atoms with Crippen molar-refractivity contribution in [3.63, 3.8) is 0 Å². The third-order valence-corrected chi connectivity index (χ3v) is 4.95. The number of carbonyl (C=O) groups is 1. The molecule has 2 aromatic rings. The predicted octanol–water partition coefficient (Wildman–Crippen LogP) is 4.64. The molecule has 2 N–H and O–H groups in total. The van der Waals surface area contributed by atoms with Crippen LogP contribution in [0.15, 0.2) is 42.5 Å². The first-order valence-corrected chi connectivity index (χ1v) is 9.76. The van der Waals surface area contributed by atoms with Crippen molar-refractivity contribution in [2.45, 2.75) is 51.7 Å². The largest absolute Gasteiger partial charge is 0.506 e. The Labute approximate surface area is 166 Å². The molecule has 0 aromatic heterocycles. The maximum Gasteiger partial charge on any atom is 0.255 e. The fourth-order valence-corrected chi connectivity index (χ4v) is 3.16. The van der Waals surface area contributed by atoms with Gasteiger partial charge in [0, 0.05) is 18.8 Å². The number of benzene rings is 2. The van der Waals surface area contributed by atoms with E-state index >= 15 is 0 Å². The Kier molecular flexibility index (Phi) is 6.37. The Bertz CT molecular complexity index is 820. The Balaban J connectivity index is 1.67. The monoisotopic (exact) mass is 383 g/mol. The van der Waals surface area contributed by atoms with Crippen LogP contribution in [0.3, 0.4) is 0 Å². The van der Waals surface area contributed by atoms with Gasteiger partial charge in [-0.25, -0.2) is 0 Å². The first kappa shape index (κ1) is 20.4. The summed E-state index contributed by atoms with van der Waals surface area (Å²) in [4.78, 5) is 12.7. The van der Waals surface area contributed by atoms with Gasteiger partial charge in [0.15, 0.2) is 0 Å². The summed E-state index contributed by atoms with van der Waals surface area (Å²) in [7, 11) is 0. The Morgan fingerprint density at radius 2 is 1.93 bits per heavy atom. The van der Waals surface area contributed by atoms with Crippen LogP contribution < -0.4 is 5.32 Å². The van der Waals surface area contributed by atoms with E-state index < -0.39 is 0 Å². The van der Waals surface area contributed by atoms with Crippen LogP contribution in [0.4, 0.5) is 5.69 Å². The molecule has 0 bridgehead atoms. The highest BCUT2D eigenvalue weighted by Crippen LogP contribution is 2.31. The zero-order valence-electron chi connectivity index (χ0n) is 16.8. The summed E-state index contributed by atoms with van der Waals surface area (Å²) in [6, 6.07) is 12.7. The van der Waals surface area contributed by atoms with E-state index in [-0.39, 0.29) is 23.2 Å². The standard InChI is InChI=1S/C23H29NO4/c1-23(2,3)18-7-8-21(25)20(14-18)24-22(26)17-6-4-5-16(13-17)15-28-19-9-11-27-12-10-19/h4-8,13-14,19,25H,9-12,15H2,1-3H3,(H,24,26). The van der Waals surface area contributed by atoms with Crippen LogP contribution in [0.25, 0.3) is 0 Å². The number of nitrogens with one attached hydrogen (secondary N) is 1. The number of amides is 1. The van der Waals surface area contributed by atoms with Crippen LogP contribution in [0, 0.1) is 0 Å². The van der Waals surface area contributed by atoms with Crippen molar-refractivity contribution in [2.24, 2.45) is 0 Å². The van der Waals surface area contributed by atoms with Gasteiger partial charge in [0.2, 0.25) is 0 Å². The van der Waals surface area contributed by atoms with Crippen molar-refractivity contribution in [1.82, 2.24) is 0 Å².